The molecule has 2 heterocycles. The Morgan fingerprint density at radius 2 is 1.88 bits per heavy atom. The molecule has 5 rings (SSSR count). The topological polar surface area (TPSA) is 67.4 Å². The maximum absolute atomic E-state index is 12.3. The van der Waals surface area contributed by atoms with Crippen LogP contribution in [0.25, 0.3) is 0 Å². The van der Waals surface area contributed by atoms with Crippen molar-refractivity contribution >= 4 is 5.91 Å². The molecule has 1 N–H and O–H groups in total. The second-order valence-corrected chi connectivity index (χ2v) is 9.60. The highest BCUT2D eigenvalue weighted by atomic mass is 16.5. The Morgan fingerprint density at radius 3 is 2.65 bits per heavy atom. The van der Waals surface area contributed by atoms with Gasteiger partial charge in [0.1, 0.15) is 12.1 Å². The molecule has 2 aliphatic rings. The zero-order valence-electron chi connectivity index (χ0n) is 19.7. The van der Waals surface area contributed by atoms with Crippen molar-refractivity contribution in [2.45, 2.75) is 51.7 Å². The third-order valence-electron chi connectivity index (χ3n) is 6.69. The van der Waals surface area contributed by atoms with Gasteiger partial charge in [-0.15, -0.1) is 0 Å². The predicted molar refractivity (Wildman–Crippen MR) is 131 cm³/mol. The molecule has 1 aliphatic heterocycles. The zero-order valence-corrected chi connectivity index (χ0v) is 19.7. The smallest absolute Gasteiger partial charge is 0.225 e. The highest BCUT2D eigenvalue weighted by molar-refractivity contribution is 5.78. The Hall–Kier alpha value is -3.25. The lowest BCUT2D eigenvalue weighted by atomic mass is 9.98. The largest absolute Gasteiger partial charge is 0.493 e. The van der Waals surface area contributed by atoms with Crippen molar-refractivity contribution in [3.63, 3.8) is 0 Å². The molecule has 1 aromatic heterocycles. The number of aromatic nitrogens is 2. The molecule has 0 radical (unpaired) electrons. The summed E-state index contributed by atoms with van der Waals surface area (Å²) in [6.45, 7) is 5.82. The van der Waals surface area contributed by atoms with Gasteiger partial charge < -0.3 is 10.1 Å². The highest BCUT2D eigenvalue weighted by Gasteiger charge is 2.22. The molecule has 34 heavy (non-hydrogen) atoms. The molecule has 176 valence electrons. The fraction of sp³-hybridized carbons (Fsp3) is 0.393. The number of hydrogen-bond donors (Lipinski definition) is 1. The van der Waals surface area contributed by atoms with Crippen LogP contribution in [-0.2, 0) is 30.7 Å². The first kappa shape index (κ1) is 22.5. The molecular formula is C28H32N4O2. The van der Waals surface area contributed by atoms with E-state index in [-0.39, 0.29) is 18.4 Å². The number of ether oxygens (including phenoxy) is 1. The maximum Gasteiger partial charge on any atom is 0.225 e. The number of fused-ring (bicyclic) bond motifs is 1. The summed E-state index contributed by atoms with van der Waals surface area (Å²) in [4.78, 5) is 22.8. The molecule has 0 bridgehead atoms. The number of carbonyl (C=O) groups excluding carboxylic acids is 1. The summed E-state index contributed by atoms with van der Waals surface area (Å²) in [5, 5.41) is 3.06. The number of benzene rings is 2. The summed E-state index contributed by atoms with van der Waals surface area (Å²) in [7, 11) is 0. The molecule has 0 unspecified atom stereocenters. The first-order valence-electron chi connectivity index (χ1n) is 12.2. The quantitative estimate of drug-likeness (QED) is 0.522. The van der Waals surface area contributed by atoms with Crippen LogP contribution >= 0.6 is 0 Å². The minimum atomic E-state index is -0.0515. The number of amides is 1. The number of nitrogens with zero attached hydrogens (tertiary/aromatic N) is 3. The van der Waals surface area contributed by atoms with Crippen molar-refractivity contribution in [3.05, 3.63) is 89.0 Å². The monoisotopic (exact) mass is 456 g/mol. The van der Waals surface area contributed by atoms with Crippen molar-refractivity contribution in [1.82, 2.24) is 20.2 Å². The number of rotatable bonds is 9. The number of nitrogens with one attached hydrogen (secondary N) is 1. The van der Waals surface area contributed by atoms with Gasteiger partial charge in [-0.05, 0) is 72.1 Å². The van der Waals surface area contributed by atoms with Crippen LogP contribution in [0.5, 0.6) is 5.75 Å². The summed E-state index contributed by atoms with van der Waals surface area (Å²) in [6.07, 6.45) is 8.80. The number of hydrogen-bond acceptors (Lipinski definition) is 5. The lowest BCUT2D eigenvalue weighted by molar-refractivity contribution is -0.121. The molecule has 0 saturated heterocycles. The summed E-state index contributed by atoms with van der Waals surface area (Å²) < 4.78 is 5.96. The van der Waals surface area contributed by atoms with E-state index in [1.54, 1.807) is 12.4 Å². The van der Waals surface area contributed by atoms with Gasteiger partial charge in [0.25, 0.3) is 0 Å². The van der Waals surface area contributed by atoms with Gasteiger partial charge in [0.05, 0.1) is 19.1 Å². The predicted octanol–water partition coefficient (Wildman–Crippen LogP) is 4.24. The first-order chi connectivity index (χ1) is 16.6. The number of carbonyl (C=O) groups is 1. The molecule has 6 heteroatoms. The lowest BCUT2D eigenvalue weighted by Crippen LogP contribution is -2.30. The standard InChI is InChI=1S/C28H32N4O2/c1-20(31-28(33)12-23-14-29-19-30-15-23)24-6-4-21(5-7-24)16-32-11-10-25-13-27(9-8-26(25)17-32)34-18-22-2-3-22/h4-9,13-15,19-20,22H,2-3,10-12,16-18H2,1H3,(H,31,33)/t20-/m0/s1. The second kappa shape index (κ2) is 10.3. The van der Waals surface area contributed by atoms with Gasteiger partial charge in [-0.1, -0.05) is 30.3 Å². The normalized spacial score (nSPS) is 16.5. The van der Waals surface area contributed by atoms with Crippen LogP contribution in [0.15, 0.2) is 61.2 Å². The SMILES string of the molecule is C[C@H](NC(=O)Cc1cncnc1)c1ccc(CN2CCc3cc(OCC4CC4)ccc3C2)cc1. The van der Waals surface area contributed by atoms with Gasteiger partial charge in [-0.25, -0.2) is 9.97 Å². The second-order valence-electron chi connectivity index (χ2n) is 9.60. The van der Waals surface area contributed by atoms with Crippen molar-refractivity contribution < 1.29 is 9.53 Å². The molecule has 1 aliphatic carbocycles. The molecule has 6 nitrogen and oxygen atoms in total. The average Bonchev–Trinajstić information content (AvgIpc) is 3.68. The van der Waals surface area contributed by atoms with Gasteiger partial charge in [-0.2, -0.15) is 0 Å². The van der Waals surface area contributed by atoms with Gasteiger partial charge in [-0.3, -0.25) is 9.69 Å². The molecule has 1 amide bonds. The Bertz CT molecular complexity index is 1110. The van der Waals surface area contributed by atoms with Crippen LogP contribution in [0.1, 0.15) is 53.6 Å². The average molecular weight is 457 g/mol. The molecule has 1 atom stereocenters. The van der Waals surface area contributed by atoms with E-state index in [1.165, 1.54) is 35.9 Å². The van der Waals surface area contributed by atoms with E-state index in [0.29, 0.717) is 0 Å². The van der Waals surface area contributed by atoms with Gasteiger partial charge in [0, 0.05) is 32.0 Å². The first-order valence-corrected chi connectivity index (χ1v) is 12.2. The van der Waals surface area contributed by atoms with Gasteiger partial charge >= 0.3 is 0 Å². The van der Waals surface area contributed by atoms with E-state index < -0.39 is 0 Å². The Kier molecular flexibility index (Phi) is 6.86. The fourth-order valence-corrected chi connectivity index (χ4v) is 4.46. The van der Waals surface area contributed by atoms with E-state index in [2.05, 4.69) is 62.6 Å². The van der Waals surface area contributed by atoms with E-state index >= 15 is 0 Å². The van der Waals surface area contributed by atoms with Crippen molar-refractivity contribution in [2.24, 2.45) is 5.92 Å². The molecule has 1 fully saturated rings. The lowest BCUT2D eigenvalue weighted by Gasteiger charge is -2.29. The van der Waals surface area contributed by atoms with Crippen LogP contribution in [0.3, 0.4) is 0 Å². The third-order valence-corrected chi connectivity index (χ3v) is 6.69. The van der Waals surface area contributed by atoms with E-state index in [1.807, 2.05) is 6.92 Å². The summed E-state index contributed by atoms with van der Waals surface area (Å²) in [5.41, 5.74) is 6.03. The highest BCUT2D eigenvalue weighted by Crippen LogP contribution is 2.31. The van der Waals surface area contributed by atoms with Gasteiger partial charge in [0.2, 0.25) is 5.91 Å². The van der Waals surface area contributed by atoms with Crippen LogP contribution in [0.4, 0.5) is 0 Å². The molecule has 2 aromatic carbocycles. The Labute approximate surface area is 201 Å². The molecule has 1 saturated carbocycles. The van der Waals surface area contributed by atoms with Crippen LogP contribution < -0.4 is 10.1 Å². The van der Waals surface area contributed by atoms with E-state index in [9.17, 15) is 4.79 Å². The van der Waals surface area contributed by atoms with Crippen molar-refractivity contribution in [3.8, 4) is 5.75 Å². The van der Waals surface area contributed by atoms with Crippen LogP contribution in [-0.4, -0.2) is 33.9 Å². The Morgan fingerprint density at radius 1 is 1.09 bits per heavy atom. The Balaban J connectivity index is 1.12. The summed E-state index contributed by atoms with van der Waals surface area (Å²) in [5.74, 6) is 1.77. The minimum absolute atomic E-state index is 0.0283. The summed E-state index contributed by atoms with van der Waals surface area (Å²) >= 11 is 0. The zero-order chi connectivity index (χ0) is 23.3. The molecule has 3 aromatic rings. The van der Waals surface area contributed by atoms with Crippen molar-refractivity contribution in [2.75, 3.05) is 13.2 Å². The fourth-order valence-electron chi connectivity index (χ4n) is 4.46. The van der Waals surface area contributed by atoms with Crippen LogP contribution in [0, 0.1) is 5.92 Å². The molecular weight excluding hydrogens is 424 g/mol. The minimum Gasteiger partial charge on any atom is -0.493 e. The van der Waals surface area contributed by atoms with Crippen molar-refractivity contribution in [1.29, 1.82) is 0 Å². The maximum atomic E-state index is 12.3. The van der Waals surface area contributed by atoms with E-state index in [0.717, 1.165) is 55.5 Å². The summed E-state index contributed by atoms with van der Waals surface area (Å²) in [6, 6.07) is 15.1. The molecule has 0 spiro atoms. The van der Waals surface area contributed by atoms with Gasteiger partial charge in [0.15, 0.2) is 0 Å². The third kappa shape index (κ3) is 6.00. The van der Waals surface area contributed by atoms with E-state index in [4.69, 9.17) is 4.74 Å². The van der Waals surface area contributed by atoms with Crippen LogP contribution in [0.2, 0.25) is 0 Å².